The van der Waals surface area contributed by atoms with Crippen LogP contribution in [0.15, 0.2) is 30.5 Å². The highest BCUT2D eigenvalue weighted by Gasteiger charge is 2.32. The Morgan fingerprint density at radius 2 is 2.06 bits per heavy atom. The normalized spacial score (nSPS) is 19.2. The molecule has 1 saturated heterocycles. The third-order valence-electron chi connectivity index (χ3n) is 3.93. The predicted molar refractivity (Wildman–Crippen MR) is 76.1 cm³/mol. The highest BCUT2D eigenvalue weighted by atomic mass is 32.1. The SMILES string of the molecule is SCC1(Cn2ncc3ccccc32)CCOCC1. The Balaban J connectivity index is 1.90. The number of benzene rings is 1. The largest absolute Gasteiger partial charge is 0.381 e. The van der Waals surface area contributed by atoms with Crippen molar-refractivity contribution in [2.45, 2.75) is 19.4 Å². The zero-order valence-corrected chi connectivity index (χ0v) is 11.3. The minimum Gasteiger partial charge on any atom is -0.381 e. The molecule has 0 bridgehead atoms. The van der Waals surface area contributed by atoms with Crippen LogP contribution >= 0.6 is 12.6 Å². The molecule has 4 heteroatoms. The van der Waals surface area contributed by atoms with Crippen molar-refractivity contribution in [3.05, 3.63) is 30.5 Å². The lowest BCUT2D eigenvalue weighted by atomic mass is 9.82. The highest BCUT2D eigenvalue weighted by molar-refractivity contribution is 7.80. The predicted octanol–water partition coefficient (Wildman–Crippen LogP) is 2.76. The minimum absolute atomic E-state index is 0.232. The maximum Gasteiger partial charge on any atom is 0.0682 e. The van der Waals surface area contributed by atoms with E-state index in [1.165, 1.54) is 10.9 Å². The van der Waals surface area contributed by atoms with Crippen LogP contribution in [0, 0.1) is 5.41 Å². The number of aromatic nitrogens is 2. The van der Waals surface area contributed by atoms with Gasteiger partial charge >= 0.3 is 0 Å². The summed E-state index contributed by atoms with van der Waals surface area (Å²) >= 11 is 4.56. The zero-order valence-electron chi connectivity index (χ0n) is 10.4. The molecule has 0 saturated carbocycles. The molecule has 0 radical (unpaired) electrons. The van der Waals surface area contributed by atoms with Gasteiger partial charge in [0.25, 0.3) is 0 Å². The van der Waals surface area contributed by atoms with Crippen LogP contribution < -0.4 is 0 Å². The van der Waals surface area contributed by atoms with Crippen LogP contribution in [0.3, 0.4) is 0 Å². The standard InChI is InChI=1S/C14H18N2OS/c18-11-14(5-7-17-8-6-14)10-16-13-4-2-1-3-12(13)9-15-16/h1-4,9,18H,5-8,10-11H2. The molecule has 1 fully saturated rings. The van der Waals surface area contributed by atoms with Crippen molar-refractivity contribution in [3.8, 4) is 0 Å². The van der Waals surface area contributed by atoms with Crippen LogP contribution in [0.4, 0.5) is 0 Å². The Kier molecular flexibility index (Phi) is 3.31. The molecule has 3 nitrogen and oxygen atoms in total. The number of fused-ring (bicyclic) bond motifs is 1. The molecule has 1 aromatic carbocycles. The summed E-state index contributed by atoms with van der Waals surface area (Å²) in [6, 6.07) is 8.36. The second-order valence-electron chi connectivity index (χ2n) is 5.13. The van der Waals surface area contributed by atoms with Crippen LogP contribution in [0.5, 0.6) is 0 Å². The smallest absolute Gasteiger partial charge is 0.0682 e. The summed E-state index contributed by atoms with van der Waals surface area (Å²) in [6.45, 7) is 2.63. The molecule has 2 aromatic rings. The average Bonchev–Trinajstić information content (AvgIpc) is 2.83. The summed E-state index contributed by atoms with van der Waals surface area (Å²) in [5, 5.41) is 5.73. The van der Waals surface area contributed by atoms with Gasteiger partial charge in [0.2, 0.25) is 0 Å². The summed E-state index contributed by atoms with van der Waals surface area (Å²) in [7, 11) is 0. The number of para-hydroxylation sites is 1. The number of hydrogen-bond acceptors (Lipinski definition) is 3. The molecule has 1 aromatic heterocycles. The van der Waals surface area contributed by atoms with Gasteiger partial charge in [0, 0.05) is 30.6 Å². The lowest BCUT2D eigenvalue weighted by molar-refractivity contribution is 0.0171. The van der Waals surface area contributed by atoms with Gasteiger partial charge in [-0.2, -0.15) is 17.7 Å². The van der Waals surface area contributed by atoms with Crippen LogP contribution in [0.25, 0.3) is 10.9 Å². The molecule has 1 aliphatic heterocycles. The van der Waals surface area contributed by atoms with Crippen LogP contribution in [-0.2, 0) is 11.3 Å². The van der Waals surface area contributed by atoms with Crippen molar-refractivity contribution >= 4 is 23.5 Å². The van der Waals surface area contributed by atoms with Gasteiger partial charge in [-0.1, -0.05) is 18.2 Å². The van der Waals surface area contributed by atoms with E-state index >= 15 is 0 Å². The molecule has 0 N–H and O–H groups in total. The fourth-order valence-electron chi connectivity index (χ4n) is 2.64. The van der Waals surface area contributed by atoms with Gasteiger partial charge in [0.05, 0.1) is 11.7 Å². The molecule has 2 heterocycles. The first-order chi connectivity index (χ1) is 8.83. The summed E-state index contributed by atoms with van der Waals surface area (Å²) in [6.07, 6.45) is 4.09. The van der Waals surface area contributed by atoms with Crippen molar-refractivity contribution in [3.63, 3.8) is 0 Å². The number of rotatable bonds is 3. The van der Waals surface area contributed by atoms with E-state index in [1.54, 1.807) is 0 Å². The van der Waals surface area contributed by atoms with E-state index < -0.39 is 0 Å². The number of ether oxygens (including phenoxy) is 1. The Morgan fingerprint density at radius 1 is 1.28 bits per heavy atom. The van der Waals surface area contributed by atoms with E-state index in [4.69, 9.17) is 4.74 Å². The second-order valence-corrected chi connectivity index (χ2v) is 5.45. The molecule has 96 valence electrons. The van der Waals surface area contributed by atoms with E-state index in [2.05, 4.69) is 46.7 Å². The maximum absolute atomic E-state index is 5.47. The van der Waals surface area contributed by atoms with Crippen molar-refractivity contribution in [1.29, 1.82) is 0 Å². The fourth-order valence-corrected chi connectivity index (χ4v) is 3.06. The van der Waals surface area contributed by atoms with Crippen LogP contribution in [-0.4, -0.2) is 28.7 Å². The lowest BCUT2D eigenvalue weighted by Crippen LogP contribution is -2.35. The number of hydrogen-bond donors (Lipinski definition) is 1. The minimum atomic E-state index is 0.232. The molecule has 1 aliphatic rings. The molecule has 0 amide bonds. The van der Waals surface area contributed by atoms with Gasteiger partial charge in [-0.05, 0) is 24.7 Å². The van der Waals surface area contributed by atoms with Crippen LogP contribution in [0.1, 0.15) is 12.8 Å². The van der Waals surface area contributed by atoms with Gasteiger partial charge < -0.3 is 4.74 Å². The maximum atomic E-state index is 5.47. The molecular formula is C14H18N2OS. The molecule has 0 aliphatic carbocycles. The Hall–Kier alpha value is -1.00. The summed E-state index contributed by atoms with van der Waals surface area (Å²) in [5.74, 6) is 0.893. The van der Waals surface area contributed by atoms with Crippen LogP contribution in [0.2, 0.25) is 0 Å². The zero-order chi connectivity index (χ0) is 12.4. The Morgan fingerprint density at radius 3 is 2.83 bits per heavy atom. The number of nitrogens with zero attached hydrogens (tertiary/aromatic N) is 2. The monoisotopic (exact) mass is 262 g/mol. The van der Waals surface area contributed by atoms with Gasteiger partial charge in [-0.15, -0.1) is 0 Å². The second kappa shape index (κ2) is 4.94. The Bertz CT molecular complexity index is 531. The van der Waals surface area contributed by atoms with E-state index in [0.29, 0.717) is 0 Å². The summed E-state index contributed by atoms with van der Waals surface area (Å²) < 4.78 is 7.59. The third kappa shape index (κ3) is 2.15. The number of thiol groups is 1. The topological polar surface area (TPSA) is 27.1 Å². The van der Waals surface area contributed by atoms with E-state index in [0.717, 1.165) is 38.4 Å². The molecule has 18 heavy (non-hydrogen) atoms. The Labute approximate surface area is 113 Å². The third-order valence-corrected chi connectivity index (χ3v) is 4.60. The highest BCUT2D eigenvalue weighted by Crippen LogP contribution is 2.34. The molecule has 0 atom stereocenters. The molecular weight excluding hydrogens is 244 g/mol. The average molecular weight is 262 g/mol. The van der Waals surface area contributed by atoms with Gasteiger partial charge in [-0.25, -0.2) is 0 Å². The molecule has 3 rings (SSSR count). The molecule has 0 unspecified atom stereocenters. The lowest BCUT2D eigenvalue weighted by Gasteiger charge is -2.35. The fraction of sp³-hybridized carbons (Fsp3) is 0.500. The first kappa shape index (κ1) is 12.1. The molecule has 0 spiro atoms. The first-order valence-corrected chi connectivity index (χ1v) is 7.05. The van der Waals surface area contributed by atoms with Gasteiger partial charge in [-0.3, -0.25) is 4.68 Å². The van der Waals surface area contributed by atoms with Gasteiger partial charge in [0.15, 0.2) is 0 Å². The van der Waals surface area contributed by atoms with Crippen molar-refractivity contribution in [2.24, 2.45) is 5.41 Å². The van der Waals surface area contributed by atoms with E-state index in [9.17, 15) is 0 Å². The van der Waals surface area contributed by atoms with E-state index in [-0.39, 0.29) is 5.41 Å². The van der Waals surface area contributed by atoms with Crippen molar-refractivity contribution in [2.75, 3.05) is 19.0 Å². The summed E-state index contributed by atoms with van der Waals surface area (Å²) in [4.78, 5) is 0. The van der Waals surface area contributed by atoms with Gasteiger partial charge in [0.1, 0.15) is 0 Å². The summed E-state index contributed by atoms with van der Waals surface area (Å²) in [5.41, 5.74) is 1.45. The quantitative estimate of drug-likeness (QED) is 0.861. The van der Waals surface area contributed by atoms with Crippen molar-refractivity contribution in [1.82, 2.24) is 9.78 Å². The van der Waals surface area contributed by atoms with Crippen molar-refractivity contribution < 1.29 is 4.74 Å². The van der Waals surface area contributed by atoms with E-state index in [1.807, 2.05) is 6.20 Å². The first-order valence-electron chi connectivity index (χ1n) is 6.42.